The number of rotatable bonds is 2. The van der Waals surface area contributed by atoms with Gasteiger partial charge in [-0.05, 0) is 59.5 Å². The Labute approximate surface area is 156 Å². The van der Waals surface area contributed by atoms with E-state index >= 15 is 0 Å². The van der Waals surface area contributed by atoms with E-state index in [1.807, 2.05) is 23.1 Å². The molecule has 0 aliphatic carbocycles. The molecule has 1 unspecified atom stereocenters. The van der Waals surface area contributed by atoms with E-state index < -0.39 is 0 Å². The lowest BCUT2D eigenvalue weighted by molar-refractivity contribution is 0.0694. The molecule has 0 radical (unpaired) electrons. The zero-order valence-corrected chi connectivity index (χ0v) is 14.8. The summed E-state index contributed by atoms with van der Waals surface area (Å²) in [7, 11) is 0. The second-order valence-electron chi connectivity index (χ2n) is 6.41. The molecule has 3 aromatic rings. The molecule has 4 heteroatoms. The first-order valence-electron chi connectivity index (χ1n) is 8.53. The Morgan fingerprint density at radius 2 is 1.65 bits per heavy atom. The highest BCUT2D eigenvalue weighted by Gasteiger charge is 2.32. The van der Waals surface area contributed by atoms with Crippen LogP contribution in [0.3, 0.4) is 0 Å². The van der Waals surface area contributed by atoms with E-state index in [-0.39, 0.29) is 17.8 Å². The van der Waals surface area contributed by atoms with Gasteiger partial charge >= 0.3 is 0 Å². The van der Waals surface area contributed by atoms with Crippen LogP contribution < -0.4 is 0 Å². The van der Waals surface area contributed by atoms with Crippen molar-refractivity contribution in [2.24, 2.45) is 0 Å². The Kier molecular flexibility index (Phi) is 4.48. The molecule has 0 fully saturated rings. The van der Waals surface area contributed by atoms with Crippen LogP contribution in [-0.2, 0) is 6.42 Å². The summed E-state index contributed by atoms with van der Waals surface area (Å²) >= 11 is 5.95. The third-order valence-corrected chi connectivity index (χ3v) is 5.07. The van der Waals surface area contributed by atoms with Gasteiger partial charge in [-0.2, -0.15) is 0 Å². The average Bonchev–Trinajstić information content (AvgIpc) is 2.68. The van der Waals surface area contributed by atoms with Gasteiger partial charge in [0.05, 0.1) is 6.04 Å². The van der Waals surface area contributed by atoms with E-state index in [1.54, 1.807) is 36.4 Å². The van der Waals surface area contributed by atoms with Gasteiger partial charge < -0.3 is 4.90 Å². The fraction of sp³-hybridized carbons (Fsp3) is 0.136. The topological polar surface area (TPSA) is 20.3 Å². The molecule has 1 aliphatic rings. The van der Waals surface area contributed by atoms with Crippen molar-refractivity contribution in [3.8, 4) is 0 Å². The van der Waals surface area contributed by atoms with Gasteiger partial charge in [0.1, 0.15) is 5.82 Å². The number of halogens is 2. The minimum absolute atomic E-state index is 0.0505. The molecule has 26 heavy (non-hydrogen) atoms. The fourth-order valence-electron chi connectivity index (χ4n) is 3.55. The number of nitrogens with zero attached hydrogens (tertiary/aromatic N) is 1. The van der Waals surface area contributed by atoms with Crippen molar-refractivity contribution in [3.05, 3.63) is 106 Å². The van der Waals surface area contributed by atoms with Crippen molar-refractivity contribution >= 4 is 17.5 Å². The van der Waals surface area contributed by atoms with E-state index in [2.05, 4.69) is 6.07 Å². The predicted molar refractivity (Wildman–Crippen MR) is 101 cm³/mol. The van der Waals surface area contributed by atoms with Gasteiger partial charge in [-0.15, -0.1) is 0 Å². The SMILES string of the molecule is O=C(c1ccc(Cl)cc1)N1CCc2ccccc2C1c1ccc(F)cc1. The van der Waals surface area contributed by atoms with Crippen LogP contribution in [0.4, 0.5) is 4.39 Å². The quantitative estimate of drug-likeness (QED) is 0.606. The lowest BCUT2D eigenvalue weighted by atomic mass is 9.87. The van der Waals surface area contributed by atoms with Crippen molar-refractivity contribution in [2.45, 2.75) is 12.5 Å². The minimum atomic E-state index is -0.284. The standard InChI is InChI=1S/C22H17ClFNO/c23-18-9-5-17(6-10-18)22(26)25-14-13-15-3-1-2-4-20(15)21(25)16-7-11-19(24)12-8-16/h1-12,21H,13-14H2. The first-order chi connectivity index (χ1) is 12.6. The molecule has 0 saturated carbocycles. The highest BCUT2D eigenvalue weighted by Crippen LogP contribution is 2.36. The molecular formula is C22H17ClFNO. The first-order valence-corrected chi connectivity index (χ1v) is 8.91. The van der Waals surface area contributed by atoms with E-state index in [9.17, 15) is 9.18 Å². The molecule has 4 rings (SSSR count). The normalized spacial score (nSPS) is 16.2. The summed E-state index contributed by atoms with van der Waals surface area (Å²) in [6, 6.07) is 21.2. The Morgan fingerprint density at radius 3 is 2.38 bits per heavy atom. The molecule has 1 amide bonds. The average molecular weight is 366 g/mol. The van der Waals surface area contributed by atoms with Crippen molar-refractivity contribution in [2.75, 3.05) is 6.54 Å². The Bertz CT molecular complexity index is 937. The maximum Gasteiger partial charge on any atom is 0.254 e. The summed E-state index contributed by atoms with van der Waals surface area (Å²) < 4.78 is 13.4. The second kappa shape index (κ2) is 6.93. The summed E-state index contributed by atoms with van der Waals surface area (Å²) in [5, 5.41) is 0.598. The largest absolute Gasteiger partial charge is 0.327 e. The number of benzene rings is 3. The second-order valence-corrected chi connectivity index (χ2v) is 6.84. The first kappa shape index (κ1) is 16.8. The molecule has 0 spiro atoms. The third-order valence-electron chi connectivity index (χ3n) is 4.82. The number of carbonyl (C=O) groups excluding carboxylic acids is 1. The van der Waals surface area contributed by atoms with Gasteiger partial charge in [0, 0.05) is 17.1 Å². The predicted octanol–water partition coefficient (Wildman–Crippen LogP) is 5.27. The summed E-state index contributed by atoms with van der Waals surface area (Å²) in [5.41, 5.74) is 3.82. The van der Waals surface area contributed by atoms with Crippen LogP contribution in [0.5, 0.6) is 0 Å². The number of fused-ring (bicyclic) bond motifs is 1. The van der Waals surface area contributed by atoms with Crippen LogP contribution in [0.15, 0.2) is 72.8 Å². The van der Waals surface area contributed by atoms with Crippen LogP contribution in [0.1, 0.15) is 33.1 Å². The zero-order chi connectivity index (χ0) is 18.1. The molecular weight excluding hydrogens is 349 g/mol. The molecule has 0 N–H and O–H groups in total. The molecule has 1 aliphatic heterocycles. The number of carbonyl (C=O) groups is 1. The van der Waals surface area contributed by atoms with Gasteiger partial charge in [-0.25, -0.2) is 4.39 Å². The van der Waals surface area contributed by atoms with Crippen LogP contribution >= 0.6 is 11.6 Å². The number of hydrogen-bond acceptors (Lipinski definition) is 1. The fourth-order valence-corrected chi connectivity index (χ4v) is 3.67. The van der Waals surface area contributed by atoms with E-state index in [0.29, 0.717) is 17.1 Å². The highest BCUT2D eigenvalue weighted by atomic mass is 35.5. The molecule has 0 bridgehead atoms. The van der Waals surface area contributed by atoms with Crippen molar-refractivity contribution in [3.63, 3.8) is 0 Å². The van der Waals surface area contributed by atoms with Crippen LogP contribution in [0.25, 0.3) is 0 Å². The molecule has 130 valence electrons. The Balaban J connectivity index is 1.78. The third kappa shape index (κ3) is 3.11. The lowest BCUT2D eigenvalue weighted by Gasteiger charge is -2.38. The van der Waals surface area contributed by atoms with Crippen LogP contribution in [0, 0.1) is 5.82 Å². The van der Waals surface area contributed by atoms with Gasteiger partial charge in [0.2, 0.25) is 0 Å². The maximum absolute atomic E-state index is 13.4. The summed E-state index contributed by atoms with van der Waals surface area (Å²) in [6.45, 7) is 0.612. The lowest BCUT2D eigenvalue weighted by Crippen LogP contribution is -2.40. The van der Waals surface area contributed by atoms with Gasteiger partial charge in [0.25, 0.3) is 5.91 Å². The van der Waals surface area contributed by atoms with Gasteiger partial charge in [0.15, 0.2) is 0 Å². The summed E-state index contributed by atoms with van der Waals surface area (Å²) in [6.07, 6.45) is 0.799. The van der Waals surface area contributed by atoms with Crippen LogP contribution in [0.2, 0.25) is 5.02 Å². The smallest absolute Gasteiger partial charge is 0.254 e. The molecule has 2 nitrogen and oxygen atoms in total. The molecule has 1 atom stereocenters. The number of amides is 1. The molecule has 3 aromatic carbocycles. The summed E-state index contributed by atoms with van der Waals surface area (Å²) in [4.78, 5) is 15.0. The Morgan fingerprint density at radius 1 is 0.962 bits per heavy atom. The van der Waals surface area contributed by atoms with Crippen molar-refractivity contribution < 1.29 is 9.18 Å². The van der Waals surface area contributed by atoms with Crippen LogP contribution in [-0.4, -0.2) is 17.4 Å². The molecule has 1 heterocycles. The number of hydrogen-bond donors (Lipinski definition) is 0. The monoisotopic (exact) mass is 365 g/mol. The molecule has 0 aromatic heterocycles. The van der Waals surface area contributed by atoms with E-state index in [0.717, 1.165) is 17.5 Å². The maximum atomic E-state index is 13.4. The Hall–Kier alpha value is -2.65. The summed E-state index contributed by atoms with van der Waals surface area (Å²) in [5.74, 6) is -0.334. The van der Waals surface area contributed by atoms with Crippen molar-refractivity contribution in [1.29, 1.82) is 0 Å². The van der Waals surface area contributed by atoms with Gasteiger partial charge in [-0.1, -0.05) is 48.0 Å². The highest BCUT2D eigenvalue weighted by molar-refractivity contribution is 6.30. The molecule has 0 saturated heterocycles. The van der Waals surface area contributed by atoms with E-state index in [4.69, 9.17) is 11.6 Å². The zero-order valence-electron chi connectivity index (χ0n) is 14.0. The minimum Gasteiger partial charge on any atom is -0.327 e. The van der Waals surface area contributed by atoms with Crippen molar-refractivity contribution in [1.82, 2.24) is 4.90 Å². The van der Waals surface area contributed by atoms with Gasteiger partial charge in [-0.3, -0.25) is 4.79 Å². The van der Waals surface area contributed by atoms with E-state index in [1.165, 1.54) is 17.7 Å².